The fourth-order valence-electron chi connectivity index (χ4n) is 2.21. The number of fused-ring (bicyclic) bond motifs is 1. The van der Waals surface area contributed by atoms with Crippen LogP contribution in [0.5, 0.6) is 0 Å². The van der Waals surface area contributed by atoms with E-state index in [1.165, 1.54) is 11.0 Å². The first kappa shape index (κ1) is 14.4. The minimum absolute atomic E-state index is 0.144. The van der Waals surface area contributed by atoms with Crippen molar-refractivity contribution in [1.82, 2.24) is 0 Å². The van der Waals surface area contributed by atoms with E-state index in [4.69, 9.17) is 11.6 Å². The van der Waals surface area contributed by atoms with Crippen molar-refractivity contribution in [2.24, 2.45) is 0 Å². The number of nitrogens with zero attached hydrogens (tertiary/aromatic N) is 1. The highest BCUT2D eigenvalue weighted by Gasteiger charge is 2.26. The lowest BCUT2D eigenvalue weighted by Gasteiger charge is -2.29. The van der Waals surface area contributed by atoms with Crippen LogP contribution in [-0.4, -0.2) is 18.2 Å². The lowest BCUT2D eigenvalue weighted by molar-refractivity contribution is 0.0983. The molecule has 0 unspecified atom stereocenters. The molecule has 2 aromatic rings. The summed E-state index contributed by atoms with van der Waals surface area (Å²) >= 11 is 7.59. The molecule has 0 radical (unpaired) electrons. The van der Waals surface area contributed by atoms with Crippen LogP contribution in [0, 0.1) is 11.6 Å². The molecule has 1 aliphatic rings. The van der Waals surface area contributed by atoms with Gasteiger partial charge in [0.05, 0.1) is 11.3 Å². The zero-order chi connectivity index (χ0) is 15.0. The average molecular weight is 326 g/mol. The van der Waals surface area contributed by atoms with Crippen LogP contribution in [0.25, 0.3) is 0 Å². The summed E-state index contributed by atoms with van der Waals surface area (Å²) < 4.78 is 26.8. The standard InChI is InChI=1S/C15H10ClF2NOS/c16-9-1-4-14-13(7-9)19(5-6-21-14)15(20)11-3-2-10(17)8-12(11)18/h1-4,7-8H,5-6H2. The summed E-state index contributed by atoms with van der Waals surface area (Å²) in [6.07, 6.45) is 0. The molecule has 0 aromatic heterocycles. The highest BCUT2D eigenvalue weighted by molar-refractivity contribution is 7.99. The van der Waals surface area contributed by atoms with Gasteiger partial charge in [-0.3, -0.25) is 4.79 Å². The van der Waals surface area contributed by atoms with Crippen molar-refractivity contribution in [3.8, 4) is 0 Å². The summed E-state index contributed by atoms with van der Waals surface area (Å²) in [7, 11) is 0. The van der Waals surface area contributed by atoms with Crippen molar-refractivity contribution in [1.29, 1.82) is 0 Å². The maximum absolute atomic E-state index is 13.8. The number of hydrogen-bond donors (Lipinski definition) is 0. The van der Waals surface area contributed by atoms with Crippen LogP contribution in [0.15, 0.2) is 41.3 Å². The van der Waals surface area contributed by atoms with Gasteiger partial charge in [0.15, 0.2) is 0 Å². The van der Waals surface area contributed by atoms with Crippen LogP contribution < -0.4 is 4.90 Å². The highest BCUT2D eigenvalue weighted by atomic mass is 35.5. The fourth-order valence-corrected chi connectivity index (χ4v) is 3.35. The minimum atomic E-state index is -0.859. The van der Waals surface area contributed by atoms with Crippen LogP contribution in [-0.2, 0) is 0 Å². The maximum atomic E-state index is 13.8. The molecule has 0 fully saturated rings. The van der Waals surface area contributed by atoms with Gasteiger partial charge in [-0.25, -0.2) is 8.78 Å². The number of anilines is 1. The number of rotatable bonds is 1. The van der Waals surface area contributed by atoms with Gasteiger partial charge in [0.2, 0.25) is 0 Å². The predicted octanol–water partition coefficient (Wildman–Crippen LogP) is 4.37. The Morgan fingerprint density at radius 3 is 2.76 bits per heavy atom. The van der Waals surface area contributed by atoms with E-state index >= 15 is 0 Å². The van der Waals surface area contributed by atoms with E-state index in [-0.39, 0.29) is 5.56 Å². The van der Waals surface area contributed by atoms with E-state index in [0.29, 0.717) is 29.1 Å². The molecule has 0 bridgehead atoms. The third kappa shape index (κ3) is 2.76. The number of amides is 1. The van der Waals surface area contributed by atoms with Gasteiger partial charge in [-0.15, -0.1) is 11.8 Å². The van der Waals surface area contributed by atoms with Crippen LogP contribution in [0.1, 0.15) is 10.4 Å². The monoisotopic (exact) mass is 325 g/mol. The Kier molecular flexibility index (Phi) is 3.87. The van der Waals surface area contributed by atoms with Crippen molar-refractivity contribution >= 4 is 35.0 Å². The van der Waals surface area contributed by atoms with Gasteiger partial charge in [-0.05, 0) is 30.3 Å². The van der Waals surface area contributed by atoms with E-state index in [1.807, 2.05) is 6.07 Å². The zero-order valence-corrected chi connectivity index (χ0v) is 12.3. The first-order chi connectivity index (χ1) is 10.1. The summed E-state index contributed by atoms with van der Waals surface area (Å²) in [5.41, 5.74) is 0.515. The van der Waals surface area contributed by atoms with Crippen molar-refractivity contribution in [3.63, 3.8) is 0 Å². The second kappa shape index (κ2) is 5.66. The first-order valence-electron chi connectivity index (χ1n) is 6.25. The van der Waals surface area contributed by atoms with Crippen molar-refractivity contribution in [2.75, 3.05) is 17.2 Å². The third-order valence-electron chi connectivity index (χ3n) is 3.19. The quantitative estimate of drug-likeness (QED) is 0.776. The lowest BCUT2D eigenvalue weighted by atomic mass is 10.1. The summed E-state index contributed by atoms with van der Waals surface area (Å²) in [4.78, 5) is 14.9. The molecule has 1 aliphatic heterocycles. The number of thioether (sulfide) groups is 1. The Morgan fingerprint density at radius 2 is 2.00 bits per heavy atom. The number of carbonyl (C=O) groups is 1. The summed E-state index contributed by atoms with van der Waals surface area (Å²) in [6.45, 7) is 0.452. The van der Waals surface area contributed by atoms with Crippen molar-refractivity contribution in [2.45, 2.75) is 4.90 Å². The summed E-state index contributed by atoms with van der Waals surface area (Å²) in [5, 5.41) is 0.508. The van der Waals surface area contributed by atoms with Crippen molar-refractivity contribution < 1.29 is 13.6 Å². The largest absolute Gasteiger partial charge is 0.306 e. The molecule has 0 aliphatic carbocycles. The van der Waals surface area contributed by atoms with Gasteiger partial charge >= 0.3 is 0 Å². The van der Waals surface area contributed by atoms with E-state index in [2.05, 4.69) is 0 Å². The summed E-state index contributed by atoms with van der Waals surface area (Å²) in [5.74, 6) is -1.34. The fraction of sp³-hybridized carbons (Fsp3) is 0.133. The van der Waals surface area contributed by atoms with Gasteiger partial charge in [0.25, 0.3) is 5.91 Å². The number of halogens is 3. The SMILES string of the molecule is O=C(c1ccc(F)cc1F)N1CCSc2ccc(Cl)cc21. The highest BCUT2D eigenvalue weighted by Crippen LogP contribution is 2.37. The van der Waals surface area contributed by atoms with E-state index in [9.17, 15) is 13.6 Å². The normalized spacial score (nSPS) is 14.0. The van der Waals surface area contributed by atoms with Crippen molar-refractivity contribution in [3.05, 3.63) is 58.6 Å². The maximum Gasteiger partial charge on any atom is 0.261 e. The average Bonchev–Trinajstić information content (AvgIpc) is 2.46. The van der Waals surface area contributed by atoms with E-state index in [1.54, 1.807) is 23.9 Å². The molecule has 0 N–H and O–H groups in total. The molecule has 0 saturated heterocycles. The first-order valence-corrected chi connectivity index (χ1v) is 7.62. The van der Waals surface area contributed by atoms with Crippen LogP contribution >= 0.6 is 23.4 Å². The number of hydrogen-bond acceptors (Lipinski definition) is 2. The summed E-state index contributed by atoms with van der Waals surface area (Å²) in [6, 6.07) is 8.22. The van der Waals surface area contributed by atoms with E-state index < -0.39 is 17.5 Å². The Morgan fingerprint density at radius 1 is 1.19 bits per heavy atom. The molecule has 108 valence electrons. The molecular weight excluding hydrogens is 316 g/mol. The number of carbonyl (C=O) groups excluding carboxylic acids is 1. The molecule has 6 heteroatoms. The van der Waals surface area contributed by atoms with Gasteiger partial charge in [0, 0.05) is 28.3 Å². The molecule has 3 rings (SSSR count). The molecule has 1 heterocycles. The lowest BCUT2D eigenvalue weighted by Crippen LogP contribution is -2.36. The Bertz CT molecular complexity index is 723. The topological polar surface area (TPSA) is 20.3 Å². The van der Waals surface area contributed by atoms with Gasteiger partial charge in [-0.1, -0.05) is 11.6 Å². The Hall–Kier alpha value is -1.59. The molecular formula is C15H10ClF2NOS. The molecule has 2 nitrogen and oxygen atoms in total. The number of benzene rings is 2. The molecule has 2 aromatic carbocycles. The van der Waals surface area contributed by atoms with E-state index in [0.717, 1.165) is 11.0 Å². The predicted molar refractivity (Wildman–Crippen MR) is 80.2 cm³/mol. The van der Waals surface area contributed by atoms with Crippen LogP contribution in [0.3, 0.4) is 0 Å². The Balaban J connectivity index is 2.02. The minimum Gasteiger partial charge on any atom is -0.306 e. The molecule has 0 saturated carbocycles. The molecule has 1 amide bonds. The Labute approximate surface area is 129 Å². The third-order valence-corrected chi connectivity index (χ3v) is 4.47. The molecule has 21 heavy (non-hydrogen) atoms. The van der Waals surface area contributed by atoms with Gasteiger partial charge in [0.1, 0.15) is 11.6 Å². The molecule has 0 spiro atoms. The molecule has 0 atom stereocenters. The second-order valence-corrected chi connectivity index (χ2v) is 6.11. The zero-order valence-electron chi connectivity index (χ0n) is 10.8. The van der Waals surface area contributed by atoms with Gasteiger partial charge in [-0.2, -0.15) is 0 Å². The van der Waals surface area contributed by atoms with Gasteiger partial charge < -0.3 is 4.90 Å². The smallest absolute Gasteiger partial charge is 0.261 e. The second-order valence-electron chi connectivity index (χ2n) is 4.54. The van der Waals surface area contributed by atoms with Crippen LogP contribution in [0.4, 0.5) is 14.5 Å². The van der Waals surface area contributed by atoms with Crippen LogP contribution in [0.2, 0.25) is 5.02 Å².